The van der Waals surface area contributed by atoms with Crippen molar-refractivity contribution in [1.29, 1.82) is 0 Å². The zero-order valence-electron chi connectivity index (χ0n) is 10.1. The number of nitrogens with two attached hydrogens (primary N) is 1. The van der Waals surface area contributed by atoms with Crippen LogP contribution in [-0.2, 0) is 5.41 Å². The summed E-state index contributed by atoms with van der Waals surface area (Å²) in [5, 5.41) is 0.813. The van der Waals surface area contributed by atoms with E-state index in [0.717, 1.165) is 34.7 Å². The lowest BCUT2D eigenvalue weighted by Crippen LogP contribution is -2.22. The predicted molar refractivity (Wildman–Crippen MR) is 67.4 cm³/mol. The maximum Gasteiger partial charge on any atom is 0.125 e. The summed E-state index contributed by atoms with van der Waals surface area (Å²) < 4.78 is 5.53. The highest BCUT2D eigenvalue weighted by Gasteiger charge is 2.46. The van der Waals surface area contributed by atoms with E-state index >= 15 is 0 Å². The molecule has 0 unspecified atom stereocenters. The Morgan fingerprint density at radius 3 is 2.50 bits per heavy atom. The van der Waals surface area contributed by atoms with Crippen molar-refractivity contribution in [3.63, 3.8) is 0 Å². The molecule has 1 aromatic rings. The second kappa shape index (κ2) is 3.94. The third-order valence-corrected chi connectivity index (χ3v) is 4.03. The fourth-order valence-corrected chi connectivity index (χ4v) is 2.72. The van der Waals surface area contributed by atoms with E-state index < -0.39 is 0 Å². The van der Waals surface area contributed by atoms with Crippen LogP contribution in [0.15, 0.2) is 6.07 Å². The lowest BCUT2D eigenvalue weighted by Gasteiger charge is -2.22. The monoisotopic (exact) mass is 239 g/mol. The molecule has 0 radical (unpaired) electrons. The van der Waals surface area contributed by atoms with E-state index in [1.165, 1.54) is 5.56 Å². The molecule has 1 aliphatic carbocycles. The normalized spacial score (nSPS) is 17.3. The average Bonchev–Trinajstić information content (AvgIpc) is 3.03. The lowest BCUT2D eigenvalue weighted by molar-refractivity contribution is 0.400. The van der Waals surface area contributed by atoms with Gasteiger partial charge in [-0.2, -0.15) is 0 Å². The minimum atomic E-state index is 0.116. The van der Waals surface area contributed by atoms with Crippen LogP contribution in [-0.4, -0.2) is 13.7 Å². The third-order valence-electron chi connectivity index (χ3n) is 3.64. The molecule has 0 bridgehead atoms. The molecule has 1 fully saturated rings. The average molecular weight is 240 g/mol. The van der Waals surface area contributed by atoms with Gasteiger partial charge in [0.05, 0.1) is 7.11 Å². The van der Waals surface area contributed by atoms with Gasteiger partial charge in [0.15, 0.2) is 0 Å². The summed E-state index contributed by atoms with van der Waals surface area (Å²) in [5.74, 6) is 0.963. The second-order valence-electron chi connectivity index (χ2n) is 4.69. The van der Waals surface area contributed by atoms with Crippen LogP contribution in [0.4, 0.5) is 0 Å². The van der Waals surface area contributed by atoms with Gasteiger partial charge in [-0.05, 0) is 43.9 Å². The molecule has 1 aromatic carbocycles. The molecule has 88 valence electrons. The largest absolute Gasteiger partial charge is 0.496 e. The first-order valence-electron chi connectivity index (χ1n) is 5.60. The van der Waals surface area contributed by atoms with Gasteiger partial charge >= 0.3 is 0 Å². The Kier molecular flexibility index (Phi) is 2.89. The van der Waals surface area contributed by atoms with E-state index in [4.69, 9.17) is 22.1 Å². The van der Waals surface area contributed by atoms with Gasteiger partial charge in [-0.15, -0.1) is 0 Å². The highest BCUT2D eigenvalue weighted by molar-refractivity contribution is 6.31. The molecule has 1 saturated carbocycles. The molecule has 2 nitrogen and oxygen atoms in total. The van der Waals surface area contributed by atoms with Crippen molar-refractivity contribution in [2.24, 2.45) is 5.73 Å². The fraction of sp³-hybridized carbons (Fsp3) is 0.538. The van der Waals surface area contributed by atoms with E-state index in [-0.39, 0.29) is 5.41 Å². The van der Waals surface area contributed by atoms with Gasteiger partial charge in [0.2, 0.25) is 0 Å². The van der Waals surface area contributed by atoms with Crippen molar-refractivity contribution in [3.8, 4) is 5.75 Å². The van der Waals surface area contributed by atoms with Gasteiger partial charge in [0, 0.05) is 22.5 Å². The predicted octanol–water partition coefficient (Wildman–Crippen LogP) is 2.96. The van der Waals surface area contributed by atoms with Crippen molar-refractivity contribution in [1.82, 2.24) is 0 Å². The summed E-state index contributed by atoms with van der Waals surface area (Å²) in [7, 11) is 1.71. The van der Waals surface area contributed by atoms with Crippen LogP contribution in [0, 0.1) is 13.8 Å². The molecule has 0 amide bonds. The summed E-state index contributed by atoms with van der Waals surface area (Å²) in [5.41, 5.74) is 9.44. The molecule has 0 aromatic heterocycles. The highest BCUT2D eigenvalue weighted by atomic mass is 35.5. The molecule has 16 heavy (non-hydrogen) atoms. The molecule has 3 heteroatoms. The zero-order valence-corrected chi connectivity index (χ0v) is 10.8. The van der Waals surface area contributed by atoms with E-state index in [9.17, 15) is 0 Å². The summed E-state index contributed by atoms with van der Waals surface area (Å²) in [6.45, 7) is 4.75. The third kappa shape index (κ3) is 1.61. The van der Waals surface area contributed by atoms with Gasteiger partial charge in [0.1, 0.15) is 5.75 Å². The van der Waals surface area contributed by atoms with Crippen LogP contribution in [0.2, 0.25) is 5.02 Å². The minimum Gasteiger partial charge on any atom is -0.496 e. The maximum atomic E-state index is 6.24. The van der Waals surface area contributed by atoms with Crippen molar-refractivity contribution in [3.05, 3.63) is 27.8 Å². The maximum absolute atomic E-state index is 6.24. The Morgan fingerprint density at radius 2 is 2.06 bits per heavy atom. The Labute approximate surface area is 102 Å². The topological polar surface area (TPSA) is 35.2 Å². The summed E-state index contributed by atoms with van der Waals surface area (Å²) >= 11 is 6.24. The summed E-state index contributed by atoms with van der Waals surface area (Å²) in [6, 6.07) is 1.96. The van der Waals surface area contributed by atoms with Gasteiger partial charge < -0.3 is 10.5 Å². The minimum absolute atomic E-state index is 0.116. The van der Waals surface area contributed by atoms with Crippen LogP contribution in [0.25, 0.3) is 0 Å². The smallest absolute Gasteiger partial charge is 0.125 e. The first-order chi connectivity index (χ1) is 7.55. The molecule has 0 heterocycles. The first kappa shape index (κ1) is 11.7. The van der Waals surface area contributed by atoms with Gasteiger partial charge in [-0.1, -0.05) is 11.6 Å². The number of rotatable bonds is 3. The molecular weight excluding hydrogens is 222 g/mol. The van der Waals surface area contributed by atoms with Gasteiger partial charge in [-0.25, -0.2) is 0 Å². The number of ether oxygens (including phenoxy) is 1. The van der Waals surface area contributed by atoms with E-state index in [2.05, 4.69) is 6.92 Å². The number of aryl methyl sites for hydroxylation is 1. The molecule has 0 saturated heterocycles. The number of benzene rings is 1. The van der Waals surface area contributed by atoms with E-state index in [0.29, 0.717) is 6.54 Å². The Hall–Kier alpha value is -0.730. The molecule has 1 aliphatic rings. The van der Waals surface area contributed by atoms with Gasteiger partial charge in [-0.3, -0.25) is 0 Å². The Bertz CT molecular complexity index is 424. The standard InChI is InChI=1S/C13H18ClNO/c1-8-6-10(14)9(2)11(12(8)16-3)13(7-15)4-5-13/h6H,4-5,7,15H2,1-3H3. The molecule has 0 spiro atoms. The van der Waals surface area contributed by atoms with Crippen molar-refractivity contribution >= 4 is 11.6 Å². The van der Waals surface area contributed by atoms with E-state index in [1.807, 2.05) is 13.0 Å². The first-order valence-corrected chi connectivity index (χ1v) is 5.98. The molecule has 2 N–H and O–H groups in total. The van der Waals surface area contributed by atoms with Crippen LogP contribution in [0.5, 0.6) is 5.75 Å². The fourth-order valence-electron chi connectivity index (χ4n) is 2.46. The number of hydrogen-bond acceptors (Lipinski definition) is 2. The zero-order chi connectivity index (χ0) is 11.9. The van der Waals surface area contributed by atoms with Gasteiger partial charge in [0.25, 0.3) is 0 Å². The van der Waals surface area contributed by atoms with Crippen LogP contribution >= 0.6 is 11.6 Å². The Balaban J connectivity index is 2.66. The van der Waals surface area contributed by atoms with Crippen LogP contribution < -0.4 is 10.5 Å². The van der Waals surface area contributed by atoms with Crippen LogP contribution in [0.1, 0.15) is 29.5 Å². The lowest BCUT2D eigenvalue weighted by atomic mass is 9.89. The van der Waals surface area contributed by atoms with Crippen molar-refractivity contribution < 1.29 is 4.74 Å². The molecular formula is C13H18ClNO. The van der Waals surface area contributed by atoms with Crippen molar-refractivity contribution in [2.75, 3.05) is 13.7 Å². The number of methoxy groups -OCH3 is 1. The van der Waals surface area contributed by atoms with Crippen molar-refractivity contribution in [2.45, 2.75) is 32.1 Å². The van der Waals surface area contributed by atoms with E-state index in [1.54, 1.807) is 7.11 Å². The van der Waals surface area contributed by atoms with Crippen LogP contribution in [0.3, 0.4) is 0 Å². The summed E-state index contributed by atoms with van der Waals surface area (Å²) in [6.07, 6.45) is 2.28. The highest BCUT2D eigenvalue weighted by Crippen LogP contribution is 2.53. The number of hydrogen-bond donors (Lipinski definition) is 1. The SMILES string of the molecule is COc1c(C)cc(Cl)c(C)c1C1(CN)CC1. The quantitative estimate of drug-likeness (QED) is 0.880. The second-order valence-corrected chi connectivity index (χ2v) is 5.10. The Morgan fingerprint density at radius 1 is 1.44 bits per heavy atom. The number of halogens is 1. The molecule has 2 rings (SSSR count). The molecule has 0 aliphatic heterocycles. The molecule has 0 atom stereocenters. The summed E-state index contributed by atoms with van der Waals surface area (Å²) in [4.78, 5) is 0.